The Morgan fingerprint density at radius 2 is 2.33 bits per heavy atom. The van der Waals surface area contributed by atoms with Gasteiger partial charge in [-0.1, -0.05) is 0 Å². The predicted octanol–water partition coefficient (Wildman–Crippen LogP) is 1.46. The lowest BCUT2D eigenvalue weighted by Crippen LogP contribution is -2.30. The first-order valence-corrected chi connectivity index (χ1v) is 7.81. The van der Waals surface area contributed by atoms with Crippen LogP contribution < -0.4 is 5.32 Å². The highest BCUT2D eigenvalue weighted by atomic mass is 16.6. The molecule has 3 rings (SSSR count). The van der Waals surface area contributed by atoms with Crippen LogP contribution in [0.5, 0.6) is 0 Å². The van der Waals surface area contributed by atoms with Gasteiger partial charge >= 0.3 is 0 Å². The van der Waals surface area contributed by atoms with Crippen molar-refractivity contribution in [3.63, 3.8) is 0 Å². The molecule has 1 saturated heterocycles. The first-order chi connectivity index (χ1) is 11.6. The van der Waals surface area contributed by atoms with Crippen molar-refractivity contribution in [3.8, 4) is 5.69 Å². The summed E-state index contributed by atoms with van der Waals surface area (Å²) in [5, 5.41) is 14.5. The summed E-state index contributed by atoms with van der Waals surface area (Å²) in [5.41, 5.74) is 0.629. The Bertz CT molecular complexity index is 744. The van der Waals surface area contributed by atoms with E-state index in [0.717, 1.165) is 13.0 Å². The number of hydrogen-bond donors (Lipinski definition) is 1. The molecule has 1 aliphatic heterocycles. The van der Waals surface area contributed by atoms with E-state index in [0.29, 0.717) is 30.3 Å². The molecule has 0 bridgehead atoms. The molecule has 2 heterocycles. The molecular weight excluding hydrogens is 310 g/mol. The lowest BCUT2D eigenvalue weighted by molar-refractivity contribution is -0.384. The highest BCUT2D eigenvalue weighted by molar-refractivity contribution is 5.95. The lowest BCUT2D eigenvalue weighted by Gasteiger charge is -2.17. The van der Waals surface area contributed by atoms with E-state index in [-0.39, 0.29) is 11.6 Å². The van der Waals surface area contributed by atoms with Crippen molar-refractivity contribution in [1.29, 1.82) is 0 Å². The van der Waals surface area contributed by atoms with E-state index >= 15 is 0 Å². The maximum atomic E-state index is 12.6. The number of aromatic nitrogens is 2. The molecule has 0 spiro atoms. The minimum atomic E-state index is -0.472. The molecule has 8 heteroatoms. The van der Waals surface area contributed by atoms with Crippen molar-refractivity contribution in [2.75, 3.05) is 26.7 Å². The van der Waals surface area contributed by atoms with Crippen molar-refractivity contribution in [1.82, 2.24) is 19.8 Å². The van der Waals surface area contributed by atoms with Gasteiger partial charge in [0.2, 0.25) is 0 Å². The maximum Gasteiger partial charge on any atom is 0.294 e. The van der Waals surface area contributed by atoms with Crippen LogP contribution in [0.4, 0.5) is 5.69 Å². The van der Waals surface area contributed by atoms with Crippen LogP contribution >= 0.6 is 0 Å². The quantitative estimate of drug-likeness (QED) is 0.662. The van der Waals surface area contributed by atoms with Gasteiger partial charge < -0.3 is 14.8 Å². The van der Waals surface area contributed by atoms with Crippen LogP contribution in [-0.4, -0.2) is 52.0 Å². The molecule has 24 heavy (non-hydrogen) atoms. The number of carbonyl (C=O) groups is 1. The van der Waals surface area contributed by atoms with E-state index in [2.05, 4.69) is 10.3 Å². The minimum Gasteiger partial charge on any atom is -0.338 e. The van der Waals surface area contributed by atoms with E-state index < -0.39 is 4.92 Å². The molecule has 1 N–H and O–H groups in total. The van der Waals surface area contributed by atoms with Crippen LogP contribution in [0.2, 0.25) is 0 Å². The Balaban J connectivity index is 1.85. The van der Waals surface area contributed by atoms with E-state index in [1.54, 1.807) is 34.0 Å². The van der Waals surface area contributed by atoms with Crippen molar-refractivity contribution >= 4 is 11.6 Å². The van der Waals surface area contributed by atoms with Crippen molar-refractivity contribution in [2.24, 2.45) is 5.92 Å². The number of nitro benzene ring substituents is 1. The number of amides is 1. The second-order valence-corrected chi connectivity index (χ2v) is 5.89. The molecule has 0 aliphatic carbocycles. The monoisotopic (exact) mass is 329 g/mol. The molecule has 1 atom stereocenters. The average molecular weight is 329 g/mol. The molecule has 1 aromatic carbocycles. The summed E-state index contributed by atoms with van der Waals surface area (Å²) in [5.74, 6) is 0.271. The molecular formula is C16H19N5O3. The summed E-state index contributed by atoms with van der Waals surface area (Å²) in [6.07, 6.45) is 5.62. The van der Waals surface area contributed by atoms with Gasteiger partial charge in [-0.15, -0.1) is 0 Å². The van der Waals surface area contributed by atoms with Crippen LogP contribution in [0.1, 0.15) is 16.8 Å². The zero-order valence-corrected chi connectivity index (χ0v) is 13.4. The minimum absolute atomic E-state index is 0.107. The van der Waals surface area contributed by atoms with Crippen LogP contribution in [-0.2, 0) is 0 Å². The first-order valence-electron chi connectivity index (χ1n) is 7.81. The number of rotatable bonds is 5. The van der Waals surface area contributed by atoms with Gasteiger partial charge in [-0.05, 0) is 38.1 Å². The summed E-state index contributed by atoms with van der Waals surface area (Å²) in [4.78, 5) is 29.2. The number of likely N-dealkylation sites (tertiary alicyclic amines) is 1. The lowest BCUT2D eigenvalue weighted by atomic mass is 10.1. The third kappa shape index (κ3) is 3.13. The Hall–Kier alpha value is -2.74. The standard InChI is InChI=1S/C16H19N5O3/c1-17-9-12-4-6-19(10-12)16(22)13-2-3-14(15(8-13)21(23)24)20-7-5-18-11-20/h2-3,5,7-8,11-12,17H,4,6,9-10H2,1H3. The molecule has 126 valence electrons. The number of benzene rings is 1. The molecule has 0 saturated carbocycles. The van der Waals surface area contributed by atoms with Gasteiger partial charge in [0.1, 0.15) is 5.69 Å². The van der Waals surface area contributed by atoms with Crippen molar-refractivity contribution in [3.05, 3.63) is 52.6 Å². The molecule has 1 unspecified atom stereocenters. The normalized spacial score (nSPS) is 17.2. The van der Waals surface area contributed by atoms with E-state index in [1.807, 2.05) is 7.05 Å². The number of hydrogen-bond acceptors (Lipinski definition) is 5. The van der Waals surface area contributed by atoms with Gasteiger partial charge in [0.15, 0.2) is 0 Å². The molecule has 0 radical (unpaired) electrons. The largest absolute Gasteiger partial charge is 0.338 e. The Kier molecular flexibility index (Phi) is 4.57. The number of carbonyl (C=O) groups excluding carboxylic acids is 1. The second kappa shape index (κ2) is 6.79. The van der Waals surface area contributed by atoms with E-state index in [9.17, 15) is 14.9 Å². The smallest absolute Gasteiger partial charge is 0.294 e. The average Bonchev–Trinajstić information content (AvgIpc) is 3.25. The highest BCUT2D eigenvalue weighted by Gasteiger charge is 2.28. The molecule has 1 amide bonds. The second-order valence-electron chi connectivity index (χ2n) is 5.89. The van der Waals surface area contributed by atoms with Gasteiger partial charge in [0, 0.05) is 37.1 Å². The third-order valence-electron chi connectivity index (χ3n) is 4.27. The fourth-order valence-electron chi connectivity index (χ4n) is 3.08. The molecule has 1 aliphatic rings. The van der Waals surface area contributed by atoms with Crippen molar-refractivity contribution in [2.45, 2.75) is 6.42 Å². The van der Waals surface area contributed by atoms with Gasteiger partial charge in [0.05, 0.1) is 11.3 Å². The predicted molar refractivity (Wildman–Crippen MR) is 88.2 cm³/mol. The Morgan fingerprint density at radius 3 is 3.00 bits per heavy atom. The van der Waals surface area contributed by atoms with Gasteiger partial charge in [-0.2, -0.15) is 0 Å². The summed E-state index contributed by atoms with van der Waals surface area (Å²) in [6.45, 7) is 2.22. The first kappa shape index (κ1) is 16.1. The number of nitrogens with one attached hydrogen (secondary N) is 1. The fraction of sp³-hybridized carbons (Fsp3) is 0.375. The zero-order chi connectivity index (χ0) is 17.1. The van der Waals surface area contributed by atoms with Crippen LogP contribution in [0.3, 0.4) is 0 Å². The Labute approximate surface area is 139 Å². The summed E-state index contributed by atoms with van der Waals surface area (Å²) >= 11 is 0. The topological polar surface area (TPSA) is 93.3 Å². The molecule has 1 fully saturated rings. The maximum absolute atomic E-state index is 12.6. The Morgan fingerprint density at radius 1 is 1.50 bits per heavy atom. The molecule has 1 aromatic heterocycles. The van der Waals surface area contributed by atoms with Crippen molar-refractivity contribution < 1.29 is 9.72 Å². The van der Waals surface area contributed by atoms with E-state index in [4.69, 9.17) is 0 Å². The van der Waals surface area contributed by atoms with Gasteiger partial charge in [-0.25, -0.2) is 4.98 Å². The molecule has 2 aromatic rings. The van der Waals surface area contributed by atoms with Crippen LogP contribution in [0, 0.1) is 16.0 Å². The van der Waals surface area contributed by atoms with E-state index in [1.165, 1.54) is 12.4 Å². The number of imidazole rings is 1. The molecule has 8 nitrogen and oxygen atoms in total. The number of nitrogens with zero attached hydrogens (tertiary/aromatic N) is 4. The number of nitro groups is 1. The summed E-state index contributed by atoms with van der Waals surface area (Å²) < 4.78 is 1.56. The highest BCUT2D eigenvalue weighted by Crippen LogP contribution is 2.26. The van der Waals surface area contributed by atoms with Crippen LogP contribution in [0.25, 0.3) is 5.69 Å². The fourth-order valence-corrected chi connectivity index (χ4v) is 3.08. The zero-order valence-electron chi connectivity index (χ0n) is 13.4. The van der Waals surface area contributed by atoms with Gasteiger partial charge in [0.25, 0.3) is 11.6 Å². The van der Waals surface area contributed by atoms with Gasteiger partial charge in [-0.3, -0.25) is 14.9 Å². The summed E-state index contributed by atoms with van der Waals surface area (Å²) in [6, 6.07) is 4.58. The third-order valence-corrected chi connectivity index (χ3v) is 4.27. The SMILES string of the molecule is CNCC1CCN(C(=O)c2ccc(-n3ccnc3)c([N+](=O)[O-])c2)C1. The summed E-state index contributed by atoms with van der Waals surface area (Å²) in [7, 11) is 1.89. The van der Waals surface area contributed by atoms with Crippen LogP contribution in [0.15, 0.2) is 36.9 Å².